The van der Waals surface area contributed by atoms with E-state index in [9.17, 15) is 19.2 Å². The average Bonchev–Trinajstić information content (AvgIpc) is 1.65. The van der Waals surface area contributed by atoms with Crippen LogP contribution in [0.3, 0.4) is 0 Å². The zero-order chi connectivity index (χ0) is 91.2. The van der Waals surface area contributed by atoms with Crippen LogP contribution in [0.2, 0.25) is 0 Å². The predicted octanol–water partition coefficient (Wildman–Crippen LogP) is 24.9. The van der Waals surface area contributed by atoms with E-state index in [1.54, 1.807) is 61.9 Å². The van der Waals surface area contributed by atoms with Crippen molar-refractivity contribution in [2.75, 3.05) is 0 Å². The summed E-state index contributed by atoms with van der Waals surface area (Å²) >= 11 is 0. The van der Waals surface area contributed by atoms with Crippen LogP contribution in [0.15, 0.2) is 291 Å². The summed E-state index contributed by atoms with van der Waals surface area (Å²) in [5.41, 5.74) is -3.66. The summed E-state index contributed by atoms with van der Waals surface area (Å²) in [6.07, 6.45) is 5.38. The van der Waals surface area contributed by atoms with Gasteiger partial charge < -0.3 is 4.74 Å². The van der Waals surface area contributed by atoms with E-state index in [0.29, 0.717) is 34.1 Å². The molecule has 0 saturated heterocycles. The van der Waals surface area contributed by atoms with Gasteiger partial charge in [0.25, 0.3) is 6.33 Å². The first-order chi connectivity index (χ1) is 58.4. The van der Waals surface area contributed by atoms with Crippen molar-refractivity contribution in [1.29, 1.82) is 0 Å². The lowest BCUT2D eigenvalue weighted by atomic mass is 9.79. The van der Waals surface area contributed by atoms with E-state index in [2.05, 4.69) is 97.5 Å². The van der Waals surface area contributed by atoms with Gasteiger partial charge in [-0.05, 0) is 213 Å². The Balaban J connectivity index is 1.15. The predicted molar refractivity (Wildman–Crippen MR) is 415 cm³/mol. The van der Waals surface area contributed by atoms with Crippen molar-refractivity contribution in [3.63, 3.8) is 0 Å². The normalized spacial score (nSPS) is 15.9. The third-order valence-electron chi connectivity index (χ3n) is 17.7. The molecule has 0 bridgehead atoms. The highest BCUT2D eigenvalue weighted by Gasteiger charge is 2.28. The summed E-state index contributed by atoms with van der Waals surface area (Å²) in [6, 6.07) is 15.4. The molecule has 5 heteroatoms. The summed E-state index contributed by atoms with van der Waals surface area (Å²) < 4.78 is 260. The number of aromatic nitrogens is 4. The molecule has 15 aromatic rings. The van der Waals surface area contributed by atoms with E-state index in [1.807, 2.05) is 60.7 Å². The van der Waals surface area contributed by atoms with Gasteiger partial charge in [-0.3, -0.25) is 13.7 Å². The van der Waals surface area contributed by atoms with Crippen LogP contribution in [0.4, 0.5) is 0 Å². The highest BCUT2D eigenvalue weighted by Crippen LogP contribution is 2.45. The summed E-state index contributed by atoms with van der Waals surface area (Å²) in [7, 11) is 0. The van der Waals surface area contributed by atoms with Crippen molar-refractivity contribution < 1.29 is 44.9 Å². The van der Waals surface area contributed by atoms with E-state index in [1.165, 1.54) is 16.7 Å². The van der Waals surface area contributed by atoms with Crippen LogP contribution in [0.5, 0.6) is 11.5 Å². The first-order valence-corrected chi connectivity index (χ1v) is 32.6. The second-order valence-electron chi connectivity index (χ2n) is 28.7. The minimum Gasteiger partial charge on any atom is -0.458 e. The number of benzene rings is 12. The number of hydrogen-bond acceptors (Lipinski definition) is 2. The van der Waals surface area contributed by atoms with Gasteiger partial charge in [0.15, 0.2) is 0 Å². The summed E-state index contributed by atoms with van der Waals surface area (Å²) in [6.45, 7) is 24.2. The van der Waals surface area contributed by atoms with Crippen molar-refractivity contribution in [3.05, 3.63) is 319 Å². The molecular weight excluding hydrogens is 1200 g/mol. The quantitative estimate of drug-likeness (QED) is 0.0903. The first-order valence-electron chi connectivity index (χ1n) is 45.6. The number of pyridine rings is 1. The first kappa shape index (κ1) is 40.5. The molecule has 5 nitrogen and oxygen atoms in total. The molecule has 0 N–H and O–H groups in total. The fraction of sp³-hybridized carbons (Fsp3) is 0.170. The van der Waals surface area contributed by atoms with Crippen LogP contribution in [0.25, 0.3) is 128 Å². The summed E-state index contributed by atoms with van der Waals surface area (Å²) in [5.74, 6) is 1.38. The molecule has 0 atom stereocenters. The van der Waals surface area contributed by atoms with E-state index < -0.39 is 229 Å². The molecule has 0 aliphatic heterocycles. The third-order valence-corrected chi connectivity index (χ3v) is 17.7. The third kappa shape index (κ3) is 12.7. The molecule has 99 heavy (non-hydrogen) atoms. The monoisotopic (exact) mass is 1310 g/mol. The van der Waals surface area contributed by atoms with Gasteiger partial charge in [-0.1, -0.05) is 271 Å². The minimum absolute atomic E-state index is 0.176. The van der Waals surface area contributed by atoms with E-state index in [-0.39, 0.29) is 33.3 Å². The van der Waals surface area contributed by atoms with Gasteiger partial charge in [-0.25, -0.2) is 4.98 Å². The Kier molecular flexibility index (Phi) is 10.3. The maximum absolute atomic E-state index is 10.9. The Morgan fingerprint density at radius 2 is 0.838 bits per heavy atom. The second-order valence-corrected chi connectivity index (χ2v) is 28.7. The summed E-state index contributed by atoms with van der Waals surface area (Å²) in [5, 5.41) is 1.88. The Morgan fingerprint density at radius 1 is 0.364 bits per heavy atom. The molecule has 12 aromatic carbocycles. The number of rotatable bonds is 12. The van der Waals surface area contributed by atoms with Crippen molar-refractivity contribution in [1.82, 2.24) is 14.1 Å². The highest BCUT2D eigenvalue weighted by atomic mass is 16.5. The van der Waals surface area contributed by atoms with Crippen molar-refractivity contribution in [2.45, 2.75) is 105 Å². The van der Waals surface area contributed by atoms with Crippen LogP contribution in [0, 0.1) is 6.33 Å². The molecule has 0 spiro atoms. The van der Waals surface area contributed by atoms with Crippen LogP contribution < -0.4 is 9.30 Å². The Morgan fingerprint density at radius 3 is 1.35 bits per heavy atom. The van der Waals surface area contributed by atoms with Gasteiger partial charge in [-0.15, -0.1) is 0 Å². The van der Waals surface area contributed by atoms with Gasteiger partial charge in [0.1, 0.15) is 17.3 Å². The van der Waals surface area contributed by atoms with Gasteiger partial charge in [0.05, 0.1) is 69.1 Å². The van der Waals surface area contributed by atoms with E-state index >= 15 is 0 Å². The number of hydrogen-bond donors (Lipinski definition) is 0. The fourth-order valence-electron chi connectivity index (χ4n) is 12.3. The molecule has 3 heterocycles. The largest absolute Gasteiger partial charge is 0.458 e. The maximum atomic E-state index is 10.9. The molecule has 486 valence electrons. The van der Waals surface area contributed by atoms with Crippen LogP contribution >= 0.6 is 0 Å². The lowest BCUT2D eigenvalue weighted by Gasteiger charge is -2.26. The SMILES string of the molecule is [2H]c1c([2H])c([2H])c(-c2c([2H])c(-c3cc(C(C)(C)C)cc(-c4c([2H])c(-c5c([2H])c([2H])c([2H])c([2H])c5[2H])c([2H])c(-c5c([2H])c([2H])c([2H])c([2H])c5[2H])c4[2H])c3-[n+]3[c-]n(-c4cccc(Oc5ccc6c7ccccc7n(-c7cc(C(C)(C)C)ccn7)c6c5)c4)c4cc(-c5cc(C(C)(C)C)cc(C(C)(C)C)c5)ccc43)c([2H])c(-c3c([2H])c([2H])c([2H])c([2H])c3[2H])c2[2H])c([2H])c1[2H]. The molecular formula is C94H84N4O. The van der Waals surface area contributed by atoms with E-state index in [4.69, 9.17) is 26.2 Å². The number of para-hydroxylation sites is 1. The van der Waals surface area contributed by atoms with Gasteiger partial charge in [0, 0.05) is 23.0 Å². The van der Waals surface area contributed by atoms with Crippen LogP contribution in [0.1, 0.15) is 141 Å². The Bertz CT molecular complexity index is 6630. The molecule has 3 aromatic heterocycles. The van der Waals surface area contributed by atoms with Crippen molar-refractivity contribution in [2.24, 2.45) is 0 Å². The minimum atomic E-state index is -1.20. The molecule has 0 aliphatic carbocycles. The molecule has 0 saturated carbocycles. The lowest BCUT2D eigenvalue weighted by molar-refractivity contribution is -0.571. The molecule has 0 unspecified atom stereocenters. The second kappa shape index (κ2) is 25.1. The molecule has 0 radical (unpaired) electrons. The number of fused-ring (bicyclic) bond motifs is 4. The number of nitrogens with zero attached hydrogens (tertiary/aromatic N) is 4. The lowest BCUT2D eigenvalue weighted by Crippen LogP contribution is -2.32. The van der Waals surface area contributed by atoms with Gasteiger partial charge >= 0.3 is 0 Å². The fourth-order valence-corrected chi connectivity index (χ4v) is 12.3. The molecule has 0 aliphatic rings. The average molecular weight is 1310 g/mol. The Hall–Kier alpha value is -11.1. The zero-order valence-electron chi connectivity index (χ0n) is 82.9. The van der Waals surface area contributed by atoms with Crippen molar-refractivity contribution in [3.8, 4) is 107 Å². The molecule has 0 fully saturated rings. The number of imidazole rings is 1. The zero-order valence-corrected chi connectivity index (χ0v) is 56.9. The standard InChI is InChI=1S/C94H84N4O/c1-91(2,3)74-44-45-95-89(58-74)98-85-39-26-25-38-81(85)82-42-41-80(60-87(82)98)99-79-37-27-36-78(59-79)96-61-97(86-43-40-66(54-88(86)96)71-52-75(92(4,5)6)55-76(53-71)93(7,8)9)90-83(72-48-67(62-28-17-13-18-29-62)46-68(49-72)63-30-19-14-20-31-63)56-77(94(10,11)12)57-84(90)73-50-69(64-32-21-15-22-33-64)47-70(51-73)65-34-23-16-24-35-65/h13-60H,1-12H3/i13D,14D,15D,16D,17D,18D,19D,20D,21D,22D,23D,24D,28D,29D,30D,31D,32D,33D,34D,35D,46D,47D,48D,49D,50D,51D. The topological polar surface area (TPSA) is 35.9 Å². The van der Waals surface area contributed by atoms with Crippen LogP contribution in [-0.4, -0.2) is 14.1 Å². The van der Waals surface area contributed by atoms with E-state index in [0.717, 1.165) is 44.1 Å². The highest BCUT2D eigenvalue weighted by molar-refractivity contribution is 6.09. The van der Waals surface area contributed by atoms with Crippen molar-refractivity contribution >= 4 is 32.8 Å². The Labute approximate surface area is 620 Å². The molecule has 0 amide bonds. The smallest absolute Gasteiger partial charge is 0.269 e. The van der Waals surface area contributed by atoms with Gasteiger partial charge in [-0.2, -0.15) is 0 Å². The number of ether oxygens (including phenoxy) is 1. The maximum Gasteiger partial charge on any atom is 0.269 e. The summed E-state index contributed by atoms with van der Waals surface area (Å²) in [4.78, 5) is 4.90. The molecule has 15 rings (SSSR count). The van der Waals surface area contributed by atoms with Crippen LogP contribution in [-0.2, 0) is 21.7 Å². The van der Waals surface area contributed by atoms with Gasteiger partial charge in [0.2, 0.25) is 0 Å².